The zero-order valence-corrected chi connectivity index (χ0v) is 17.4. The Morgan fingerprint density at radius 2 is 1.90 bits per heavy atom. The van der Waals surface area contributed by atoms with E-state index in [9.17, 15) is 9.59 Å². The highest BCUT2D eigenvalue weighted by molar-refractivity contribution is 5.96. The Morgan fingerprint density at radius 3 is 2.60 bits per heavy atom. The summed E-state index contributed by atoms with van der Waals surface area (Å²) < 4.78 is 11.5. The highest BCUT2D eigenvalue weighted by atomic mass is 16.5. The van der Waals surface area contributed by atoms with Gasteiger partial charge in [-0.3, -0.25) is 9.59 Å². The molecule has 30 heavy (non-hydrogen) atoms. The molecule has 1 atom stereocenters. The van der Waals surface area contributed by atoms with Gasteiger partial charge in [0, 0.05) is 23.9 Å². The highest BCUT2D eigenvalue weighted by Gasteiger charge is 2.17. The third-order valence-corrected chi connectivity index (χ3v) is 4.63. The summed E-state index contributed by atoms with van der Waals surface area (Å²) in [6.07, 6.45) is 2.21. The van der Waals surface area contributed by atoms with Crippen molar-refractivity contribution in [3.8, 4) is 5.75 Å². The second-order valence-electron chi connectivity index (χ2n) is 7.55. The van der Waals surface area contributed by atoms with E-state index in [0.717, 1.165) is 25.1 Å². The lowest BCUT2D eigenvalue weighted by Crippen LogP contribution is -2.30. The molecule has 1 fully saturated rings. The lowest BCUT2D eigenvalue weighted by Gasteiger charge is -2.15. The van der Waals surface area contributed by atoms with Crippen molar-refractivity contribution in [2.24, 2.45) is 0 Å². The topological polar surface area (TPSA) is 88.7 Å². The highest BCUT2D eigenvalue weighted by Crippen LogP contribution is 2.25. The number of amides is 2. The molecule has 3 N–H and O–H groups in total. The quantitative estimate of drug-likeness (QED) is 0.588. The number of para-hydroxylation sites is 2. The summed E-state index contributed by atoms with van der Waals surface area (Å²) in [7, 11) is 0. The fourth-order valence-corrected chi connectivity index (χ4v) is 3.13. The molecular formula is C23H29N3O4. The van der Waals surface area contributed by atoms with E-state index in [1.165, 1.54) is 0 Å². The molecule has 160 valence electrons. The fourth-order valence-electron chi connectivity index (χ4n) is 3.13. The molecule has 7 heteroatoms. The number of nitrogens with one attached hydrogen (secondary N) is 3. The smallest absolute Gasteiger partial charge is 0.251 e. The SMILES string of the molecule is CC(C)NC(=O)c1ccc(NC(=O)CNc2ccccc2OCC2CCCO2)cc1. The number of hydrogen-bond acceptors (Lipinski definition) is 5. The van der Waals surface area contributed by atoms with Crippen molar-refractivity contribution in [3.63, 3.8) is 0 Å². The van der Waals surface area contributed by atoms with E-state index in [1.807, 2.05) is 38.1 Å². The Hall–Kier alpha value is -3.06. The van der Waals surface area contributed by atoms with Crippen LogP contribution in [0.1, 0.15) is 37.0 Å². The van der Waals surface area contributed by atoms with Crippen molar-refractivity contribution in [1.29, 1.82) is 0 Å². The van der Waals surface area contributed by atoms with E-state index in [2.05, 4.69) is 16.0 Å². The van der Waals surface area contributed by atoms with Gasteiger partial charge < -0.3 is 25.4 Å². The van der Waals surface area contributed by atoms with Crippen LogP contribution in [0.2, 0.25) is 0 Å². The summed E-state index contributed by atoms with van der Waals surface area (Å²) in [6.45, 7) is 5.20. The third-order valence-electron chi connectivity index (χ3n) is 4.63. The first-order chi connectivity index (χ1) is 14.5. The normalized spacial score (nSPS) is 15.6. The number of carbonyl (C=O) groups excluding carboxylic acids is 2. The van der Waals surface area contributed by atoms with Gasteiger partial charge in [-0.25, -0.2) is 0 Å². The predicted octanol–water partition coefficient (Wildman–Crippen LogP) is 3.43. The zero-order chi connectivity index (χ0) is 21.3. The van der Waals surface area contributed by atoms with Gasteiger partial charge in [0.25, 0.3) is 5.91 Å². The van der Waals surface area contributed by atoms with Crippen LogP contribution in [0.4, 0.5) is 11.4 Å². The summed E-state index contributed by atoms with van der Waals surface area (Å²) >= 11 is 0. The van der Waals surface area contributed by atoms with E-state index in [-0.39, 0.29) is 30.5 Å². The van der Waals surface area contributed by atoms with Crippen molar-refractivity contribution in [1.82, 2.24) is 5.32 Å². The molecular weight excluding hydrogens is 382 g/mol. The van der Waals surface area contributed by atoms with Gasteiger partial charge >= 0.3 is 0 Å². The summed E-state index contributed by atoms with van der Waals surface area (Å²) in [5.74, 6) is 0.369. The van der Waals surface area contributed by atoms with Crippen molar-refractivity contribution in [3.05, 3.63) is 54.1 Å². The van der Waals surface area contributed by atoms with E-state index >= 15 is 0 Å². The molecule has 3 rings (SSSR count). The molecule has 1 heterocycles. The van der Waals surface area contributed by atoms with Crippen LogP contribution in [0, 0.1) is 0 Å². The first-order valence-electron chi connectivity index (χ1n) is 10.3. The van der Waals surface area contributed by atoms with Crippen LogP contribution in [-0.4, -0.2) is 43.7 Å². The van der Waals surface area contributed by atoms with Crippen LogP contribution in [0.25, 0.3) is 0 Å². The van der Waals surface area contributed by atoms with E-state index in [1.54, 1.807) is 24.3 Å². The fraction of sp³-hybridized carbons (Fsp3) is 0.391. The molecule has 0 aromatic heterocycles. The summed E-state index contributed by atoms with van der Waals surface area (Å²) in [5, 5.41) is 8.77. The van der Waals surface area contributed by atoms with Crippen molar-refractivity contribution < 1.29 is 19.1 Å². The van der Waals surface area contributed by atoms with Crippen LogP contribution in [0.3, 0.4) is 0 Å². The van der Waals surface area contributed by atoms with Crippen molar-refractivity contribution in [2.45, 2.75) is 38.8 Å². The van der Waals surface area contributed by atoms with Gasteiger partial charge in [0.1, 0.15) is 12.4 Å². The van der Waals surface area contributed by atoms with E-state index in [0.29, 0.717) is 23.6 Å². The molecule has 1 unspecified atom stereocenters. The molecule has 1 saturated heterocycles. The Balaban J connectivity index is 1.49. The van der Waals surface area contributed by atoms with Crippen LogP contribution in [0.5, 0.6) is 5.75 Å². The van der Waals surface area contributed by atoms with E-state index < -0.39 is 0 Å². The monoisotopic (exact) mass is 411 g/mol. The minimum Gasteiger partial charge on any atom is -0.489 e. The van der Waals surface area contributed by atoms with Gasteiger partial charge in [-0.15, -0.1) is 0 Å². The van der Waals surface area contributed by atoms with Gasteiger partial charge in [-0.1, -0.05) is 12.1 Å². The molecule has 7 nitrogen and oxygen atoms in total. The molecule has 2 aromatic carbocycles. The second-order valence-corrected chi connectivity index (χ2v) is 7.55. The lowest BCUT2D eigenvalue weighted by molar-refractivity contribution is -0.114. The standard InChI is InChI=1S/C23H29N3O4/c1-16(2)25-23(28)17-9-11-18(12-10-17)26-22(27)14-24-20-7-3-4-8-21(20)30-15-19-6-5-13-29-19/h3-4,7-12,16,19,24H,5-6,13-15H2,1-2H3,(H,25,28)(H,26,27). The Bertz CT molecular complexity index is 846. The first-order valence-corrected chi connectivity index (χ1v) is 10.3. The van der Waals surface area contributed by atoms with Gasteiger partial charge in [0.05, 0.1) is 18.3 Å². The van der Waals surface area contributed by atoms with Crippen LogP contribution in [-0.2, 0) is 9.53 Å². The third kappa shape index (κ3) is 6.49. The first kappa shape index (κ1) is 21.6. The maximum atomic E-state index is 12.3. The summed E-state index contributed by atoms with van der Waals surface area (Å²) in [4.78, 5) is 24.3. The van der Waals surface area contributed by atoms with Crippen LogP contribution in [0.15, 0.2) is 48.5 Å². The molecule has 1 aliphatic rings. The second kappa shape index (κ2) is 10.6. The van der Waals surface area contributed by atoms with Crippen molar-refractivity contribution >= 4 is 23.2 Å². The molecule has 0 saturated carbocycles. The molecule has 0 bridgehead atoms. The molecule has 0 radical (unpaired) electrons. The van der Waals surface area contributed by atoms with Gasteiger partial charge in [-0.2, -0.15) is 0 Å². The average molecular weight is 412 g/mol. The maximum Gasteiger partial charge on any atom is 0.251 e. The largest absolute Gasteiger partial charge is 0.489 e. The number of anilines is 2. The zero-order valence-electron chi connectivity index (χ0n) is 17.4. The minimum absolute atomic E-state index is 0.0699. The Morgan fingerprint density at radius 1 is 1.13 bits per heavy atom. The number of rotatable bonds is 9. The minimum atomic E-state index is -0.191. The Labute approximate surface area is 177 Å². The number of benzene rings is 2. The lowest BCUT2D eigenvalue weighted by atomic mass is 10.2. The van der Waals surface area contributed by atoms with E-state index in [4.69, 9.17) is 9.47 Å². The number of ether oxygens (including phenoxy) is 2. The molecule has 2 amide bonds. The molecule has 0 aliphatic carbocycles. The molecule has 0 spiro atoms. The summed E-state index contributed by atoms with van der Waals surface area (Å²) in [5.41, 5.74) is 1.94. The van der Waals surface area contributed by atoms with Gasteiger partial charge in [0.15, 0.2) is 0 Å². The number of carbonyl (C=O) groups is 2. The summed E-state index contributed by atoms with van der Waals surface area (Å²) in [6, 6.07) is 14.4. The van der Waals surface area contributed by atoms with Crippen LogP contribution >= 0.6 is 0 Å². The van der Waals surface area contributed by atoms with Gasteiger partial charge in [0.2, 0.25) is 5.91 Å². The predicted molar refractivity (Wildman–Crippen MR) is 117 cm³/mol. The van der Waals surface area contributed by atoms with Gasteiger partial charge in [-0.05, 0) is 63.1 Å². The molecule has 1 aliphatic heterocycles. The average Bonchev–Trinajstić information content (AvgIpc) is 3.25. The maximum absolute atomic E-state index is 12.3. The molecule has 2 aromatic rings. The number of hydrogen-bond donors (Lipinski definition) is 3. The van der Waals surface area contributed by atoms with Crippen molar-refractivity contribution in [2.75, 3.05) is 30.4 Å². The Kier molecular flexibility index (Phi) is 7.68. The van der Waals surface area contributed by atoms with Crippen LogP contribution < -0.4 is 20.7 Å².